The summed E-state index contributed by atoms with van der Waals surface area (Å²) in [5.41, 5.74) is 11.3. The van der Waals surface area contributed by atoms with Gasteiger partial charge in [0.25, 0.3) is 0 Å². The fourth-order valence-corrected chi connectivity index (χ4v) is 4.47. The number of nitrogen functional groups attached to an aromatic ring is 1. The smallest absolute Gasteiger partial charge is 0.248 e. The standard InChI is InChI=1S/C14H21N3O3S/c1-10-5-3-2-4-8-17(10)21(19,20)13-7-6-11(14(16)18)9-12(13)15/h6-7,9-10H,2-5,8,15H2,1H3,(H2,16,18). The minimum absolute atomic E-state index is 0.0428. The summed E-state index contributed by atoms with van der Waals surface area (Å²) >= 11 is 0. The lowest BCUT2D eigenvalue weighted by atomic mass is 10.1. The maximum absolute atomic E-state index is 12.8. The van der Waals surface area contributed by atoms with Crippen LogP contribution in [0.3, 0.4) is 0 Å². The van der Waals surface area contributed by atoms with Gasteiger partial charge in [-0.25, -0.2) is 8.42 Å². The summed E-state index contributed by atoms with van der Waals surface area (Å²) in [6.45, 7) is 2.41. The molecular weight excluding hydrogens is 290 g/mol. The lowest BCUT2D eigenvalue weighted by molar-refractivity contribution is 0.1000. The molecule has 1 fully saturated rings. The predicted molar refractivity (Wildman–Crippen MR) is 81.2 cm³/mol. The summed E-state index contributed by atoms with van der Waals surface area (Å²) in [5, 5.41) is 0. The highest BCUT2D eigenvalue weighted by Gasteiger charge is 2.31. The Balaban J connectivity index is 2.41. The van der Waals surface area contributed by atoms with Crippen molar-refractivity contribution in [3.63, 3.8) is 0 Å². The number of benzene rings is 1. The molecule has 116 valence electrons. The van der Waals surface area contributed by atoms with Crippen LogP contribution in [0.5, 0.6) is 0 Å². The van der Waals surface area contributed by atoms with E-state index in [-0.39, 0.29) is 22.2 Å². The Labute approximate surface area is 125 Å². The van der Waals surface area contributed by atoms with Crippen LogP contribution in [0.25, 0.3) is 0 Å². The van der Waals surface area contributed by atoms with Crippen molar-refractivity contribution in [2.24, 2.45) is 5.73 Å². The van der Waals surface area contributed by atoms with Crippen molar-refractivity contribution in [3.8, 4) is 0 Å². The Morgan fingerprint density at radius 1 is 1.29 bits per heavy atom. The summed E-state index contributed by atoms with van der Waals surface area (Å²) in [7, 11) is -3.65. The summed E-state index contributed by atoms with van der Waals surface area (Å²) in [4.78, 5) is 11.2. The topological polar surface area (TPSA) is 106 Å². The summed E-state index contributed by atoms with van der Waals surface area (Å²) in [6.07, 6.45) is 3.76. The van der Waals surface area contributed by atoms with Crippen molar-refractivity contribution in [3.05, 3.63) is 23.8 Å². The zero-order valence-electron chi connectivity index (χ0n) is 12.1. The van der Waals surface area contributed by atoms with Gasteiger partial charge in [0.2, 0.25) is 15.9 Å². The van der Waals surface area contributed by atoms with Crippen molar-refractivity contribution in [2.75, 3.05) is 12.3 Å². The van der Waals surface area contributed by atoms with Gasteiger partial charge in [0.15, 0.2) is 0 Å². The number of nitrogens with zero attached hydrogens (tertiary/aromatic N) is 1. The van der Waals surface area contributed by atoms with Gasteiger partial charge in [0.1, 0.15) is 4.90 Å². The van der Waals surface area contributed by atoms with Gasteiger partial charge >= 0.3 is 0 Å². The first-order valence-electron chi connectivity index (χ1n) is 7.05. The molecule has 1 aliphatic heterocycles. The zero-order valence-corrected chi connectivity index (χ0v) is 12.9. The van der Waals surface area contributed by atoms with Crippen molar-refractivity contribution >= 4 is 21.6 Å². The van der Waals surface area contributed by atoms with E-state index in [0.717, 1.165) is 25.7 Å². The van der Waals surface area contributed by atoms with Crippen LogP contribution in [-0.4, -0.2) is 31.2 Å². The van der Waals surface area contributed by atoms with Gasteiger partial charge in [0.05, 0.1) is 5.69 Å². The number of sulfonamides is 1. The van der Waals surface area contributed by atoms with Crippen LogP contribution in [0.2, 0.25) is 0 Å². The lowest BCUT2D eigenvalue weighted by Crippen LogP contribution is -2.38. The first-order chi connectivity index (χ1) is 9.84. The van der Waals surface area contributed by atoms with E-state index in [1.54, 1.807) is 0 Å². The number of primary amides is 1. The summed E-state index contributed by atoms with van der Waals surface area (Å²) in [6, 6.07) is 4.03. The molecule has 0 aliphatic carbocycles. The van der Waals surface area contributed by atoms with Crippen molar-refractivity contribution in [2.45, 2.75) is 43.5 Å². The number of carbonyl (C=O) groups excluding carboxylic acids is 1. The van der Waals surface area contributed by atoms with E-state index in [1.165, 1.54) is 22.5 Å². The van der Waals surface area contributed by atoms with E-state index in [9.17, 15) is 13.2 Å². The summed E-state index contributed by atoms with van der Waals surface area (Å²) < 4.78 is 27.1. The largest absolute Gasteiger partial charge is 0.398 e. The lowest BCUT2D eigenvalue weighted by Gasteiger charge is -2.26. The maximum Gasteiger partial charge on any atom is 0.248 e. The third-order valence-corrected chi connectivity index (χ3v) is 5.96. The molecule has 1 atom stereocenters. The molecule has 0 saturated carbocycles. The first kappa shape index (κ1) is 15.8. The number of anilines is 1. The molecule has 1 saturated heterocycles. The molecule has 0 aromatic heterocycles. The maximum atomic E-state index is 12.8. The Hall–Kier alpha value is -1.60. The fraction of sp³-hybridized carbons (Fsp3) is 0.500. The molecule has 0 spiro atoms. The van der Waals surface area contributed by atoms with Gasteiger partial charge in [-0.05, 0) is 38.0 Å². The number of nitrogens with two attached hydrogens (primary N) is 2. The quantitative estimate of drug-likeness (QED) is 0.821. The average molecular weight is 311 g/mol. The second-order valence-corrected chi connectivity index (χ2v) is 7.29. The molecular formula is C14H21N3O3S. The Kier molecular flexibility index (Phi) is 4.53. The van der Waals surface area contributed by atoms with Crippen LogP contribution in [0.15, 0.2) is 23.1 Å². The molecule has 1 unspecified atom stereocenters. The second kappa shape index (κ2) is 6.03. The number of amides is 1. The molecule has 4 N–H and O–H groups in total. The molecule has 1 amide bonds. The van der Waals surface area contributed by atoms with Gasteiger partial charge in [-0.2, -0.15) is 4.31 Å². The fourth-order valence-electron chi connectivity index (χ4n) is 2.67. The highest BCUT2D eigenvalue weighted by atomic mass is 32.2. The zero-order chi connectivity index (χ0) is 15.6. The SMILES string of the molecule is CC1CCCCCN1S(=O)(=O)c1ccc(C(N)=O)cc1N. The minimum Gasteiger partial charge on any atom is -0.398 e. The van der Waals surface area contributed by atoms with Gasteiger partial charge in [-0.1, -0.05) is 12.8 Å². The summed E-state index contributed by atoms with van der Waals surface area (Å²) in [5.74, 6) is -0.631. The van der Waals surface area contributed by atoms with Crippen LogP contribution in [0, 0.1) is 0 Å². The highest BCUT2D eigenvalue weighted by Crippen LogP contribution is 2.28. The normalized spacial score (nSPS) is 20.9. The molecule has 21 heavy (non-hydrogen) atoms. The van der Waals surface area contributed by atoms with E-state index < -0.39 is 15.9 Å². The van der Waals surface area contributed by atoms with E-state index in [4.69, 9.17) is 11.5 Å². The Morgan fingerprint density at radius 3 is 2.62 bits per heavy atom. The van der Waals surface area contributed by atoms with Crippen LogP contribution >= 0.6 is 0 Å². The van der Waals surface area contributed by atoms with Crippen molar-refractivity contribution in [1.82, 2.24) is 4.31 Å². The van der Waals surface area contributed by atoms with Gasteiger partial charge in [0, 0.05) is 18.2 Å². The average Bonchev–Trinajstić information content (AvgIpc) is 2.63. The Bertz CT molecular complexity index is 643. The molecule has 1 aromatic carbocycles. The first-order valence-corrected chi connectivity index (χ1v) is 8.49. The van der Waals surface area contributed by atoms with Crippen molar-refractivity contribution in [1.29, 1.82) is 0 Å². The highest BCUT2D eigenvalue weighted by molar-refractivity contribution is 7.89. The van der Waals surface area contributed by atoms with E-state index in [0.29, 0.717) is 6.54 Å². The number of hydrogen-bond donors (Lipinski definition) is 2. The van der Waals surface area contributed by atoms with Crippen molar-refractivity contribution < 1.29 is 13.2 Å². The molecule has 0 radical (unpaired) electrons. The molecule has 7 heteroatoms. The number of rotatable bonds is 3. The van der Waals surface area contributed by atoms with E-state index in [2.05, 4.69) is 0 Å². The minimum atomic E-state index is -3.65. The Morgan fingerprint density at radius 2 is 2.00 bits per heavy atom. The second-order valence-electron chi connectivity index (χ2n) is 5.43. The van der Waals surface area contributed by atoms with Gasteiger partial charge in [-0.15, -0.1) is 0 Å². The third kappa shape index (κ3) is 3.19. The predicted octanol–water partition coefficient (Wildman–Crippen LogP) is 1.32. The molecule has 1 aromatic rings. The van der Waals surface area contributed by atoms with E-state index >= 15 is 0 Å². The molecule has 2 rings (SSSR count). The molecule has 6 nitrogen and oxygen atoms in total. The van der Waals surface area contributed by atoms with Crippen LogP contribution in [0.4, 0.5) is 5.69 Å². The molecule has 1 heterocycles. The van der Waals surface area contributed by atoms with E-state index in [1.807, 2.05) is 6.92 Å². The van der Waals surface area contributed by atoms with Crippen LogP contribution < -0.4 is 11.5 Å². The van der Waals surface area contributed by atoms with Gasteiger partial charge < -0.3 is 11.5 Å². The third-order valence-electron chi connectivity index (χ3n) is 3.87. The van der Waals surface area contributed by atoms with Gasteiger partial charge in [-0.3, -0.25) is 4.79 Å². The molecule has 0 bridgehead atoms. The monoisotopic (exact) mass is 311 g/mol. The van der Waals surface area contributed by atoms with Crippen LogP contribution in [-0.2, 0) is 10.0 Å². The number of carbonyl (C=O) groups is 1. The molecule has 1 aliphatic rings. The van der Waals surface area contributed by atoms with Crippen LogP contribution in [0.1, 0.15) is 43.0 Å². The number of hydrogen-bond acceptors (Lipinski definition) is 4.